The molecule has 25 heavy (non-hydrogen) atoms. The Hall–Kier alpha value is -1.38. The fourth-order valence-corrected chi connectivity index (χ4v) is 5.91. The molecule has 3 atom stereocenters. The standard InChI is InChI=1S/C22H24O2Se/c23-19-14-17-15-24-20(12-7-13-25-18-10-5-2-6-11-18)22(17)21(19)16-8-3-1-4-9-16/h1-6,8-11,17,19-20,23H,7,12-15H2/t17-,19-,20+/m1/s1. The Balaban J connectivity index is 1.43. The summed E-state index contributed by atoms with van der Waals surface area (Å²) in [5.41, 5.74) is 3.68. The van der Waals surface area contributed by atoms with E-state index in [0.29, 0.717) is 20.9 Å². The fraction of sp³-hybridized carbons (Fsp3) is 0.364. The quantitative estimate of drug-likeness (QED) is 0.596. The Labute approximate surface area is 156 Å². The van der Waals surface area contributed by atoms with Gasteiger partial charge in [-0.15, -0.1) is 0 Å². The molecule has 1 saturated heterocycles. The maximum atomic E-state index is 10.6. The minimum absolute atomic E-state index is 0.198. The summed E-state index contributed by atoms with van der Waals surface area (Å²) in [6.45, 7) is 0.775. The van der Waals surface area contributed by atoms with Gasteiger partial charge in [0.1, 0.15) is 0 Å². The Morgan fingerprint density at radius 2 is 1.72 bits per heavy atom. The van der Waals surface area contributed by atoms with E-state index in [1.54, 1.807) is 0 Å². The maximum absolute atomic E-state index is 10.6. The molecule has 1 aliphatic carbocycles. The van der Waals surface area contributed by atoms with Crippen molar-refractivity contribution in [1.29, 1.82) is 0 Å². The number of hydrogen-bond donors (Lipinski definition) is 1. The Bertz CT molecular complexity index is 726. The van der Waals surface area contributed by atoms with Crippen LogP contribution in [-0.2, 0) is 4.74 Å². The summed E-state index contributed by atoms with van der Waals surface area (Å²) in [4.78, 5) is 0. The van der Waals surface area contributed by atoms with E-state index in [9.17, 15) is 5.11 Å². The summed E-state index contributed by atoms with van der Waals surface area (Å²) in [5, 5.41) is 11.8. The van der Waals surface area contributed by atoms with Crippen molar-refractivity contribution in [1.82, 2.24) is 0 Å². The molecule has 1 aliphatic heterocycles. The normalized spacial score (nSPS) is 25.4. The van der Waals surface area contributed by atoms with Crippen molar-refractivity contribution in [2.24, 2.45) is 5.92 Å². The molecule has 130 valence electrons. The molecule has 2 nitrogen and oxygen atoms in total. The molecule has 1 fully saturated rings. The van der Waals surface area contributed by atoms with E-state index in [4.69, 9.17) is 4.74 Å². The van der Waals surface area contributed by atoms with E-state index in [-0.39, 0.29) is 12.2 Å². The van der Waals surface area contributed by atoms with E-state index >= 15 is 0 Å². The first kappa shape index (κ1) is 17.1. The first-order chi connectivity index (χ1) is 12.3. The van der Waals surface area contributed by atoms with Crippen LogP contribution in [0.15, 0.2) is 66.2 Å². The molecule has 1 heterocycles. The van der Waals surface area contributed by atoms with Crippen LogP contribution in [0.2, 0.25) is 5.32 Å². The summed E-state index contributed by atoms with van der Waals surface area (Å²) in [5.74, 6) is 0.412. The van der Waals surface area contributed by atoms with Gasteiger partial charge in [-0.1, -0.05) is 0 Å². The van der Waals surface area contributed by atoms with Gasteiger partial charge < -0.3 is 0 Å². The summed E-state index contributed by atoms with van der Waals surface area (Å²) >= 11 is 0.547. The zero-order chi connectivity index (χ0) is 17.1. The van der Waals surface area contributed by atoms with Crippen molar-refractivity contribution >= 4 is 25.0 Å². The van der Waals surface area contributed by atoms with Gasteiger partial charge in [0, 0.05) is 0 Å². The van der Waals surface area contributed by atoms with Crippen LogP contribution < -0.4 is 4.46 Å². The molecule has 0 bridgehead atoms. The number of fused-ring (bicyclic) bond motifs is 1. The number of rotatable bonds is 6. The average Bonchev–Trinajstić information content (AvgIpc) is 3.18. The number of aliphatic hydroxyl groups excluding tert-OH is 1. The predicted molar refractivity (Wildman–Crippen MR) is 103 cm³/mol. The van der Waals surface area contributed by atoms with Gasteiger partial charge in [-0.2, -0.15) is 0 Å². The summed E-state index contributed by atoms with van der Waals surface area (Å²) in [7, 11) is 0. The van der Waals surface area contributed by atoms with Gasteiger partial charge in [-0.05, 0) is 0 Å². The third-order valence-electron chi connectivity index (χ3n) is 5.14. The van der Waals surface area contributed by atoms with Crippen LogP contribution in [0.3, 0.4) is 0 Å². The van der Waals surface area contributed by atoms with Crippen molar-refractivity contribution in [3.63, 3.8) is 0 Å². The van der Waals surface area contributed by atoms with Crippen LogP contribution in [0.25, 0.3) is 5.57 Å². The van der Waals surface area contributed by atoms with E-state index in [2.05, 4.69) is 54.6 Å². The molecule has 2 aromatic rings. The zero-order valence-corrected chi connectivity index (χ0v) is 16.0. The van der Waals surface area contributed by atoms with Gasteiger partial charge in [0.2, 0.25) is 0 Å². The first-order valence-corrected chi connectivity index (χ1v) is 11.2. The van der Waals surface area contributed by atoms with Crippen LogP contribution in [-0.4, -0.2) is 38.9 Å². The van der Waals surface area contributed by atoms with Crippen LogP contribution >= 0.6 is 0 Å². The van der Waals surface area contributed by atoms with E-state index < -0.39 is 0 Å². The van der Waals surface area contributed by atoms with Crippen LogP contribution in [0.5, 0.6) is 0 Å². The van der Waals surface area contributed by atoms with Gasteiger partial charge in [0.25, 0.3) is 0 Å². The molecule has 1 N–H and O–H groups in total. The summed E-state index contributed by atoms with van der Waals surface area (Å²) < 4.78 is 7.58. The van der Waals surface area contributed by atoms with E-state index in [1.807, 2.05) is 6.07 Å². The van der Waals surface area contributed by atoms with Crippen molar-refractivity contribution in [3.05, 3.63) is 71.8 Å². The second-order valence-corrected chi connectivity index (χ2v) is 9.26. The van der Waals surface area contributed by atoms with Crippen molar-refractivity contribution < 1.29 is 9.84 Å². The monoisotopic (exact) mass is 400 g/mol. The number of aliphatic hydroxyl groups is 1. The summed E-state index contributed by atoms with van der Waals surface area (Å²) in [6, 6.07) is 21.1. The molecule has 0 spiro atoms. The second kappa shape index (κ2) is 7.88. The molecular weight excluding hydrogens is 375 g/mol. The molecule has 0 unspecified atom stereocenters. The Morgan fingerprint density at radius 3 is 2.48 bits per heavy atom. The molecule has 0 radical (unpaired) electrons. The molecule has 0 saturated carbocycles. The molecule has 2 aromatic carbocycles. The van der Waals surface area contributed by atoms with Crippen LogP contribution in [0.4, 0.5) is 0 Å². The number of benzene rings is 2. The van der Waals surface area contributed by atoms with Gasteiger partial charge in [0.05, 0.1) is 0 Å². The van der Waals surface area contributed by atoms with Crippen molar-refractivity contribution in [2.45, 2.75) is 36.8 Å². The molecule has 2 aliphatic rings. The second-order valence-electron chi connectivity index (χ2n) is 6.81. The molecule has 0 amide bonds. The average molecular weight is 399 g/mol. The predicted octanol–water partition coefficient (Wildman–Crippen LogP) is 3.45. The summed E-state index contributed by atoms with van der Waals surface area (Å²) in [6.07, 6.45) is 2.95. The molecule has 4 rings (SSSR count). The molecule has 0 aromatic heterocycles. The molecule has 3 heteroatoms. The van der Waals surface area contributed by atoms with Crippen LogP contribution in [0, 0.1) is 5.92 Å². The van der Waals surface area contributed by atoms with Crippen molar-refractivity contribution in [3.8, 4) is 0 Å². The number of ether oxygens (including phenoxy) is 1. The van der Waals surface area contributed by atoms with Gasteiger partial charge in [-0.25, -0.2) is 0 Å². The van der Waals surface area contributed by atoms with Gasteiger partial charge in [0.15, 0.2) is 0 Å². The van der Waals surface area contributed by atoms with E-state index in [0.717, 1.165) is 30.6 Å². The number of hydrogen-bond acceptors (Lipinski definition) is 2. The fourth-order valence-electron chi connectivity index (χ4n) is 4.03. The van der Waals surface area contributed by atoms with Crippen molar-refractivity contribution in [2.75, 3.05) is 6.61 Å². The van der Waals surface area contributed by atoms with Gasteiger partial charge in [-0.3, -0.25) is 0 Å². The van der Waals surface area contributed by atoms with Crippen LogP contribution in [0.1, 0.15) is 24.8 Å². The first-order valence-electron chi connectivity index (χ1n) is 9.10. The topological polar surface area (TPSA) is 29.5 Å². The third kappa shape index (κ3) is 3.75. The minimum atomic E-state index is -0.331. The van der Waals surface area contributed by atoms with E-state index in [1.165, 1.54) is 21.8 Å². The zero-order valence-electron chi connectivity index (χ0n) is 14.3. The molecular formula is C22H24O2Se. The Morgan fingerprint density at radius 1 is 1.00 bits per heavy atom. The van der Waals surface area contributed by atoms with Gasteiger partial charge >= 0.3 is 156 Å². The Kier molecular flexibility index (Phi) is 5.38. The third-order valence-corrected chi connectivity index (χ3v) is 7.45. The SMILES string of the molecule is O[C@@H]1C[C@@H]2CO[C@@H](CCC[Se]c3ccccc3)C2=C1c1ccccc1.